The van der Waals surface area contributed by atoms with Gasteiger partial charge in [-0.3, -0.25) is 9.59 Å². The van der Waals surface area contributed by atoms with Gasteiger partial charge in [0.2, 0.25) is 5.78 Å². The number of ketones is 2. The Morgan fingerprint density at radius 3 is 2.42 bits per heavy atom. The monoisotopic (exact) mass is 280 g/mol. The second-order valence-corrected chi connectivity index (χ2v) is 4.11. The summed E-state index contributed by atoms with van der Waals surface area (Å²) in [7, 11) is 0. The molecule has 19 heavy (non-hydrogen) atoms. The molecule has 1 rings (SSSR count). The van der Waals surface area contributed by atoms with Crippen molar-refractivity contribution in [3.63, 3.8) is 0 Å². The molecule has 0 radical (unpaired) electrons. The van der Waals surface area contributed by atoms with Crippen molar-refractivity contribution in [3.05, 3.63) is 40.9 Å². The van der Waals surface area contributed by atoms with Crippen molar-refractivity contribution in [1.82, 2.24) is 0 Å². The number of Topliss-reactive ketones (excluding diaryl/α,β-unsaturated/α-hetero) is 1. The molecule has 0 fully saturated rings. The molecule has 0 N–H and O–H groups in total. The van der Waals surface area contributed by atoms with Crippen LogP contribution in [0.25, 0.3) is 6.08 Å². The lowest BCUT2D eigenvalue weighted by atomic mass is 10.1. The van der Waals surface area contributed by atoms with Crippen LogP contribution in [0.3, 0.4) is 0 Å². The van der Waals surface area contributed by atoms with Gasteiger partial charge in [0.15, 0.2) is 5.78 Å². The average molecular weight is 281 g/mol. The first-order valence-corrected chi connectivity index (χ1v) is 6.07. The SMILES string of the molecule is CCOC(=O)C(=O)CC(=O)/C=C/c1ccc(Cl)cc1. The molecule has 5 heteroatoms. The minimum absolute atomic E-state index is 0.110. The van der Waals surface area contributed by atoms with E-state index in [0.717, 1.165) is 5.56 Å². The van der Waals surface area contributed by atoms with Crippen LogP contribution in [0.4, 0.5) is 0 Å². The van der Waals surface area contributed by atoms with Crippen molar-refractivity contribution in [1.29, 1.82) is 0 Å². The first kappa shape index (κ1) is 15.1. The van der Waals surface area contributed by atoms with Gasteiger partial charge in [0.25, 0.3) is 0 Å². The predicted molar refractivity (Wildman–Crippen MR) is 71.8 cm³/mol. The molecule has 0 aromatic heterocycles. The van der Waals surface area contributed by atoms with E-state index in [-0.39, 0.29) is 6.61 Å². The maximum absolute atomic E-state index is 11.5. The minimum Gasteiger partial charge on any atom is -0.460 e. The molecular weight excluding hydrogens is 268 g/mol. The molecule has 0 unspecified atom stereocenters. The average Bonchev–Trinajstić information content (AvgIpc) is 2.38. The third-order valence-electron chi connectivity index (χ3n) is 2.17. The van der Waals surface area contributed by atoms with E-state index in [1.165, 1.54) is 6.08 Å². The summed E-state index contributed by atoms with van der Waals surface area (Å²) >= 11 is 5.72. The Balaban J connectivity index is 2.53. The lowest BCUT2D eigenvalue weighted by Gasteiger charge is -1.98. The van der Waals surface area contributed by atoms with E-state index >= 15 is 0 Å². The first-order chi connectivity index (χ1) is 9.02. The van der Waals surface area contributed by atoms with Gasteiger partial charge in [0.05, 0.1) is 13.0 Å². The zero-order valence-corrected chi connectivity index (χ0v) is 11.1. The van der Waals surface area contributed by atoms with Gasteiger partial charge in [0.1, 0.15) is 0 Å². The maximum atomic E-state index is 11.5. The number of hydrogen-bond donors (Lipinski definition) is 0. The van der Waals surface area contributed by atoms with Crippen molar-refractivity contribution >= 4 is 35.2 Å². The summed E-state index contributed by atoms with van der Waals surface area (Å²) in [6.07, 6.45) is 2.32. The molecule has 0 saturated carbocycles. The Morgan fingerprint density at radius 2 is 1.84 bits per heavy atom. The summed E-state index contributed by atoms with van der Waals surface area (Å²) in [6.45, 7) is 1.70. The number of esters is 1. The summed E-state index contributed by atoms with van der Waals surface area (Å²) < 4.78 is 4.50. The van der Waals surface area contributed by atoms with Crippen LogP contribution in [0, 0.1) is 0 Å². The summed E-state index contributed by atoms with van der Waals surface area (Å²) in [6, 6.07) is 6.85. The van der Waals surface area contributed by atoms with E-state index in [0.29, 0.717) is 5.02 Å². The van der Waals surface area contributed by atoms with Crippen LogP contribution in [0.1, 0.15) is 18.9 Å². The lowest BCUT2D eigenvalue weighted by molar-refractivity contribution is -0.154. The van der Waals surface area contributed by atoms with Crippen LogP contribution in [-0.2, 0) is 19.1 Å². The molecule has 0 amide bonds. The Bertz CT molecular complexity index is 503. The largest absolute Gasteiger partial charge is 0.460 e. The molecule has 100 valence electrons. The first-order valence-electron chi connectivity index (χ1n) is 5.69. The van der Waals surface area contributed by atoms with Crippen LogP contribution >= 0.6 is 11.6 Å². The summed E-state index contributed by atoms with van der Waals surface area (Å²) in [5, 5.41) is 0.598. The highest BCUT2D eigenvalue weighted by atomic mass is 35.5. The predicted octanol–water partition coefficient (Wildman–Crippen LogP) is 2.44. The van der Waals surface area contributed by atoms with Crippen molar-refractivity contribution in [2.75, 3.05) is 6.61 Å². The highest BCUT2D eigenvalue weighted by Gasteiger charge is 2.17. The van der Waals surface area contributed by atoms with E-state index < -0.39 is 24.0 Å². The molecule has 0 bridgehead atoms. The fraction of sp³-hybridized carbons (Fsp3) is 0.214. The minimum atomic E-state index is -0.976. The number of benzene rings is 1. The van der Waals surface area contributed by atoms with Crippen molar-refractivity contribution < 1.29 is 19.1 Å². The quantitative estimate of drug-likeness (QED) is 0.347. The van der Waals surface area contributed by atoms with Crippen molar-refractivity contribution in [2.45, 2.75) is 13.3 Å². The van der Waals surface area contributed by atoms with Gasteiger partial charge in [-0.05, 0) is 30.7 Å². The second kappa shape index (κ2) is 7.48. The number of carbonyl (C=O) groups excluding carboxylic acids is 3. The molecule has 0 spiro atoms. The van der Waals surface area contributed by atoms with Gasteiger partial charge in [-0.25, -0.2) is 4.79 Å². The Hall–Kier alpha value is -1.94. The third kappa shape index (κ3) is 5.48. The molecule has 0 aliphatic heterocycles. The topological polar surface area (TPSA) is 60.4 Å². The molecule has 0 aliphatic rings. The zero-order valence-electron chi connectivity index (χ0n) is 10.4. The lowest BCUT2D eigenvalue weighted by Crippen LogP contribution is -2.19. The van der Waals surface area contributed by atoms with Crippen LogP contribution in [0.15, 0.2) is 30.3 Å². The van der Waals surface area contributed by atoms with Gasteiger partial charge in [-0.1, -0.05) is 29.8 Å². The third-order valence-corrected chi connectivity index (χ3v) is 2.42. The number of halogens is 1. The molecule has 4 nitrogen and oxygen atoms in total. The van der Waals surface area contributed by atoms with Gasteiger partial charge in [0, 0.05) is 5.02 Å². The molecule has 1 aromatic carbocycles. The molecule has 0 heterocycles. The number of carbonyl (C=O) groups is 3. The van der Waals surface area contributed by atoms with Gasteiger partial charge in [-0.2, -0.15) is 0 Å². The maximum Gasteiger partial charge on any atom is 0.375 e. The van der Waals surface area contributed by atoms with Crippen LogP contribution in [0.2, 0.25) is 5.02 Å². The van der Waals surface area contributed by atoms with E-state index in [2.05, 4.69) is 4.74 Å². The van der Waals surface area contributed by atoms with Crippen molar-refractivity contribution in [3.8, 4) is 0 Å². The Kier molecular flexibility index (Phi) is 5.96. The van der Waals surface area contributed by atoms with Crippen LogP contribution < -0.4 is 0 Å². The molecule has 0 saturated heterocycles. The number of allylic oxidation sites excluding steroid dienone is 1. The van der Waals surface area contributed by atoms with Gasteiger partial charge >= 0.3 is 5.97 Å². The summed E-state index contributed by atoms with van der Waals surface area (Å²) in [4.78, 5) is 33.7. The molecule has 0 aliphatic carbocycles. The number of ether oxygens (including phenoxy) is 1. The standard InChI is InChI=1S/C14H13ClO4/c1-2-19-14(18)13(17)9-12(16)8-5-10-3-6-11(15)7-4-10/h3-8H,2,9H2,1H3/b8-5+. The zero-order chi connectivity index (χ0) is 14.3. The fourth-order valence-electron chi connectivity index (χ4n) is 1.26. The summed E-state index contributed by atoms with van der Waals surface area (Å²) in [5.74, 6) is -2.27. The van der Waals surface area contributed by atoms with Crippen molar-refractivity contribution in [2.24, 2.45) is 0 Å². The smallest absolute Gasteiger partial charge is 0.375 e. The Labute approximate surface area is 116 Å². The van der Waals surface area contributed by atoms with E-state index in [1.54, 1.807) is 37.3 Å². The Morgan fingerprint density at radius 1 is 1.21 bits per heavy atom. The van der Waals surface area contributed by atoms with Crippen LogP contribution in [0.5, 0.6) is 0 Å². The van der Waals surface area contributed by atoms with E-state index in [1.807, 2.05) is 0 Å². The molecular formula is C14H13ClO4. The van der Waals surface area contributed by atoms with Gasteiger partial charge in [-0.15, -0.1) is 0 Å². The van der Waals surface area contributed by atoms with Gasteiger partial charge < -0.3 is 4.74 Å². The summed E-state index contributed by atoms with van der Waals surface area (Å²) in [5.41, 5.74) is 0.779. The molecule has 0 atom stereocenters. The normalized spacial score (nSPS) is 10.4. The fourth-order valence-corrected chi connectivity index (χ4v) is 1.39. The number of rotatable bonds is 6. The number of hydrogen-bond acceptors (Lipinski definition) is 4. The van der Waals surface area contributed by atoms with Crippen LogP contribution in [-0.4, -0.2) is 24.1 Å². The highest BCUT2D eigenvalue weighted by Crippen LogP contribution is 2.10. The molecule has 1 aromatic rings. The van der Waals surface area contributed by atoms with E-state index in [9.17, 15) is 14.4 Å². The van der Waals surface area contributed by atoms with E-state index in [4.69, 9.17) is 11.6 Å². The second-order valence-electron chi connectivity index (χ2n) is 3.67. The highest BCUT2D eigenvalue weighted by molar-refractivity contribution is 6.37.